The molecular weight excluding hydrogens is 172 g/mol. The Bertz CT molecular complexity index is 452. The Morgan fingerprint density at radius 2 is 1.71 bits per heavy atom. The Labute approximate surface area is 83.3 Å². The first-order valence-electron chi connectivity index (χ1n) is 5.08. The van der Waals surface area contributed by atoms with Gasteiger partial charge in [-0.05, 0) is 24.3 Å². The van der Waals surface area contributed by atoms with Gasteiger partial charge in [0.1, 0.15) is 5.75 Å². The molecule has 0 saturated heterocycles. The van der Waals surface area contributed by atoms with Gasteiger partial charge in [0, 0.05) is 5.39 Å². The molecule has 1 saturated carbocycles. The van der Waals surface area contributed by atoms with E-state index in [1.807, 2.05) is 0 Å². The van der Waals surface area contributed by atoms with E-state index in [0.717, 1.165) is 5.75 Å². The Balaban J connectivity index is 2.11. The van der Waals surface area contributed by atoms with Crippen molar-refractivity contribution in [1.82, 2.24) is 0 Å². The average molecular weight is 184 g/mol. The van der Waals surface area contributed by atoms with Crippen molar-refractivity contribution < 1.29 is 4.74 Å². The van der Waals surface area contributed by atoms with E-state index in [0.29, 0.717) is 6.10 Å². The SMILES string of the molecule is c1ccc2c(OC3CC3)cccc2c1. The summed E-state index contributed by atoms with van der Waals surface area (Å²) in [5, 5.41) is 2.48. The summed E-state index contributed by atoms with van der Waals surface area (Å²) in [6.07, 6.45) is 2.90. The van der Waals surface area contributed by atoms with Crippen LogP contribution in [0.1, 0.15) is 12.8 Å². The highest BCUT2D eigenvalue weighted by Gasteiger charge is 2.23. The first-order valence-corrected chi connectivity index (χ1v) is 5.08. The second-order valence-corrected chi connectivity index (χ2v) is 3.79. The molecule has 1 fully saturated rings. The van der Waals surface area contributed by atoms with Gasteiger partial charge in [-0.3, -0.25) is 0 Å². The van der Waals surface area contributed by atoms with Crippen LogP contribution in [-0.2, 0) is 0 Å². The molecule has 0 amide bonds. The van der Waals surface area contributed by atoms with Gasteiger partial charge >= 0.3 is 0 Å². The molecule has 0 unspecified atom stereocenters. The van der Waals surface area contributed by atoms with Crippen molar-refractivity contribution in [2.75, 3.05) is 0 Å². The van der Waals surface area contributed by atoms with E-state index in [1.54, 1.807) is 0 Å². The monoisotopic (exact) mass is 184 g/mol. The van der Waals surface area contributed by atoms with Gasteiger partial charge in [-0.2, -0.15) is 0 Å². The van der Waals surface area contributed by atoms with E-state index < -0.39 is 0 Å². The van der Waals surface area contributed by atoms with Crippen LogP contribution < -0.4 is 4.74 Å². The smallest absolute Gasteiger partial charge is 0.127 e. The minimum Gasteiger partial charge on any atom is -0.490 e. The van der Waals surface area contributed by atoms with Gasteiger partial charge < -0.3 is 4.74 Å². The van der Waals surface area contributed by atoms with E-state index in [4.69, 9.17) is 4.74 Å². The molecule has 0 N–H and O–H groups in total. The normalized spacial score (nSPS) is 15.7. The van der Waals surface area contributed by atoms with Gasteiger partial charge in [0.25, 0.3) is 0 Å². The summed E-state index contributed by atoms with van der Waals surface area (Å²) in [5.41, 5.74) is 0. The zero-order valence-corrected chi connectivity index (χ0v) is 7.94. The minimum atomic E-state index is 0.473. The molecule has 0 heterocycles. The van der Waals surface area contributed by atoms with Crippen LogP contribution >= 0.6 is 0 Å². The van der Waals surface area contributed by atoms with Gasteiger partial charge in [0.05, 0.1) is 6.10 Å². The topological polar surface area (TPSA) is 9.23 Å². The highest BCUT2D eigenvalue weighted by Crippen LogP contribution is 2.31. The fraction of sp³-hybridized carbons (Fsp3) is 0.231. The first-order chi connectivity index (χ1) is 6.93. The van der Waals surface area contributed by atoms with Gasteiger partial charge in [-0.15, -0.1) is 0 Å². The third-order valence-electron chi connectivity index (χ3n) is 2.57. The predicted octanol–water partition coefficient (Wildman–Crippen LogP) is 3.38. The number of benzene rings is 2. The lowest BCUT2D eigenvalue weighted by Crippen LogP contribution is -1.95. The maximum absolute atomic E-state index is 5.84. The molecule has 70 valence electrons. The molecule has 1 aliphatic carbocycles. The third-order valence-corrected chi connectivity index (χ3v) is 2.57. The van der Waals surface area contributed by atoms with E-state index in [1.165, 1.54) is 23.6 Å². The second kappa shape index (κ2) is 3.02. The maximum atomic E-state index is 5.84. The molecule has 3 rings (SSSR count). The van der Waals surface area contributed by atoms with Crippen LogP contribution in [0.25, 0.3) is 10.8 Å². The lowest BCUT2D eigenvalue weighted by atomic mass is 10.1. The van der Waals surface area contributed by atoms with Crippen LogP contribution in [0.5, 0.6) is 5.75 Å². The van der Waals surface area contributed by atoms with Crippen LogP contribution in [0.3, 0.4) is 0 Å². The lowest BCUT2D eigenvalue weighted by molar-refractivity contribution is 0.307. The van der Waals surface area contributed by atoms with Crippen LogP contribution in [0, 0.1) is 0 Å². The lowest BCUT2D eigenvalue weighted by Gasteiger charge is -2.07. The number of fused-ring (bicyclic) bond motifs is 1. The maximum Gasteiger partial charge on any atom is 0.127 e. The Morgan fingerprint density at radius 3 is 2.57 bits per heavy atom. The molecule has 1 nitrogen and oxygen atoms in total. The summed E-state index contributed by atoms with van der Waals surface area (Å²) >= 11 is 0. The van der Waals surface area contributed by atoms with Gasteiger partial charge in [-0.1, -0.05) is 36.4 Å². The van der Waals surface area contributed by atoms with Crippen molar-refractivity contribution in [1.29, 1.82) is 0 Å². The fourth-order valence-corrected chi connectivity index (χ4v) is 1.66. The zero-order chi connectivity index (χ0) is 9.38. The number of hydrogen-bond acceptors (Lipinski definition) is 1. The summed E-state index contributed by atoms with van der Waals surface area (Å²) in [6.45, 7) is 0. The van der Waals surface area contributed by atoms with Crippen molar-refractivity contribution in [3.05, 3.63) is 42.5 Å². The predicted molar refractivity (Wildman–Crippen MR) is 57.6 cm³/mol. The molecule has 0 spiro atoms. The summed E-state index contributed by atoms with van der Waals surface area (Å²) < 4.78 is 5.84. The molecular formula is C13H12O. The van der Waals surface area contributed by atoms with Crippen molar-refractivity contribution in [3.8, 4) is 5.75 Å². The molecule has 0 bridgehead atoms. The molecule has 2 aromatic carbocycles. The number of rotatable bonds is 2. The van der Waals surface area contributed by atoms with Crippen molar-refractivity contribution in [2.45, 2.75) is 18.9 Å². The number of ether oxygens (including phenoxy) is 1. The average Bonchev–Trinajstić information content (AvgIpc) is 3.03. The summed E-state index contributed by atoms with van der Waals surface area (Å²) in [7, 11) is 0. The van der Waals surface area contributed by atoms with Gasteiger partial charge in [0.15, 0.2) is 0 Å². The van der Waals surface area contributed by atoms with Crippen LogP contribution in [-0.4, -0.2) is 6.10 Å². The zero-order valence-electron chi connectivity index (χ0n) is 7.94. The van der Waals surface area contributed by atoms with Crippen LogP contribution in [0.2, 0.25) is 0 Å². The molecule has 14 heavy (non-hydrogen) atoms. The molecule has 0 aliphatic heterocycles. The molecule has 1 aliphatic rings. The molecule has 2 aromatic rings. The highest BCUT2D eigenvalue weighted by atomic mass is 16.5. The van der Waals surface area contributed by atoms with E-state index in [9.17, 15) is 0 Å². The fourth-order valence-electron chi connectivity index (χ4n) is 1.66. The van der Waals surface area contributed by atoms with Crippen LogP contribution in [0.4, 0.5) is 0 Å². The summed E-state index contributed by atoms with van der Waals surface area (Å²) in [4.78, 5) is 0. The number of hydrogen-bond donors (Lipinski definition) is 0. The van der Waals surface area contributed by atoms with E-state index in [-0.39, 0.29) is 0 Å². The second-order valence-electron chi connectivity index (χ2n) is 3.79. The molecule has 0 aromatic heterocycles. The molecule has 0 radical (unpaired) electrons. The van der Waals surface area contributed by atoms with Crippen molar-refractivity contribution in [2.24, 2.45) is 0 Å². The minimum absolute atomic E-state index is 0.473. The summed E-state index contributed by atoms with van der Waals surface area (Å²) in [6, 6.07) is 14.6. The molecule has 0 atom stereocenters. The van der Waals surface area contributed by atoms with Crippen molar-refractivity contribution in [3.63, 3.8) is 0 Å². The van der Waals surface area contributed by atoms with Gasteiger partial charge in [-0.25, -0.2) is 0 Å². The summed E-state index contributed by atoms with van der Waals surface area (Å²) in [5.74, 6) is 1.03. The molecule has 1 heteroatoms. The van der Waals surface area contributed by atoms with Crippen LogP contribution in [0.15, 0.2) is 42.5 Å². The standard InChI is InChI=1S/C13H12O/c1-2-6-12-10(4-1)5-3-7-13(12)14-11-8-9-11/h1-7,11H,8-9H2. The first kappa shape index (κ1) is 7.86. The van der Waals surface area contributed by atoms with E-state index in [2.05, 4.69) is 42.5 Å². The highest BCUT2D eigenvalue weighted by molar-refractivity contribution is 5.88. The largest absolute Gasteiger partial charge is 0.490 e. The Hall–Kier alpha value is -1.50. The van der Waals surface area contributed by atoms with Crippen molar-refractivity contribution >= 4 is 10.8 Å². The Morgan fingerprint density at radius 1 is 0.929 bits per heavy atom. The third kappa shape index (κ3) is 1.35. The van der Waals surface area contributed by atoms with Gasteiger partial charge in [0.2, 0.25) is 0 Å². The quantitative estimate of drug-likeness (QED) is 0.695. The van der Waals surface area contributed by atoms with E-state index >= 15 is 0 Å². The Kier molecular flexibility index (Phi) is 1.69.